The molecule has 19 heavy (non-hydrogen) atoms. The Labute approximate surface area is 120 Å². The normalized spacial score (nSPS) is 12.7. The number of nitrogens with two attached hydrogens (primary N) is 1. The molecule has 2 rings (SSSR count). The lowest BCUT2D eigenvalue weighted by molar-refractivity contribution is 0.647. The van der Waals surface area contributed by atoms with Gasteiger partial charge in [-0.25, -0.2) is 0 Å². The van der Waals surface area contributed by atoms with Crippen molar-refractivity contribution in [3.63, 3.8) is 0 Å². The number of hydrogen-bond donors (Lipinski definition) is 1. The first-order valence-corrected chi connectivity index (χ1v) is 7.04. The van der Waals surface area contributed by atoms with Crippen LogP contribution in [0.3, 0.4) is 0 Å². The van der Waals surface area contributed by atoms with Crippen LogP contribution in [0.5, 0.6) is 0 Å². The van der Waals surface area contributed by atoms with Crippen molar-refractivity contribution in [3.8, 4) is 0 Å². The standard InChI is InChI=1S/C17H20ClN/c1-12(2)11-13-3-5-14(6-4-13)17(19)15-7-9-16(18)10-8-15/h3-10,12,17H,11,19H2,1-2H3. The average Bonchev–Trinajstić information content (AvgIpc) is 2.39. The molecule has 1 atom stereocenters. The van der Waals surface area contributed by atoms with Crippen molar-refractivity contribution in [2.45, 2.75) is 26.3 Å². The van der Waals surface area contributed by atoms with E-state index in [4.69, 9.17) is 17.3 Å². The highest BCUT2D eigenvalue weighted by atomic mass is 35.5. The smallest absolute Gasteiger partial charge is 0.0551 e. The van der Waals surface area contributed by atoms with Gasteiger partial charge in [0.05, 0.1) is 6.04 Å². The second kappa shape index (κ2) is 6.23. The fraction of sp³-hybridized carbons (Fsp3) is 0.294. The summed E-state index contributed by atoms with van der Waals surface area (Å²) in [5, 5.41) is 0.739. The van der Waals surface area contributed by atoms with Crippen molar-refractivity contribution in [3.05, 3.63) is 70.2 Å². The minimum atomic E-state index is -0.0923. The molecular formula is C17H20ClN. The van der Waals surface area contributed by atoms with Crippen LogP contribution in [0.15, 0.2) is 48.5 Å². The van der Waals surface area contributed by atoms with Crippen molar-refractivity contribution in [1.82, 2.24) is 0 Å². The first kappa shape index (κ1) is 14.1. The summed E-state index contributed by atoms with van der Waals surface area (Å²) in [6.45, 7) is 4.46. The predicted octanol–water partition coefficient (Wildman–Crippen LogP) is 4.59. The Morgan fingerprint density at radius 1 is 0.895 bits per heavy atom. The van der Waals surface area contributed by atoms with Crippen LogP contribution >= 0.6 is 11.6 Å². The minimum absolute atomic E-state index is 0.0923. The van der Waals surface area contributed by atoms with E-state index >= 15 is 0 Å². The molecule has 0 saturated carbocycles. The van der Waals surface area contributed by atoms with Crippen LogP contribution in [0.1, 0.15) is 36.6 Å². The van der Waals surface area contributed by atoms with E-state index in [0.29, 0.717) is 5.92 Å². The molecule has 0 aliphatic carbocycles. The van der Waals surface area contributed by atoms with Crippen molar-refractivity contribution in [2.75, 3.05) is 0 Å². The van der Waals surface area contributed by atoms with Crippen molar-refractivity contribution in [2.24, 2.45) is 11.7 Å². The first-order valence-electron chi connectivity index (χ1n) is 6.66. The summed E-state index contributed by atoms with van der Waals surface area (Å²) >= 11 is 5.89. The third-order valence-corrected chi connectivity index (χ3v) is 3.46. The van der Waals surface area contributed by atoms with Crippen LogP contribution in [0.2, 0.25) is 5.02 Å². The summed E-state index contributed by atoms with van der Waals surface area (Å²) in [7, 11) is 0. The Kier molecular flexibility index (Phi) is 4.62. The van der Waals surface area contributed by atoms with Gasteiger partial charge in [0, 0.05) is 5.02 Å². The van der Waals surface area contributed by atoms with E-state index in [-0.39, 0.29) is 6.04 Å². The second-order valence-corrected chi connectivity index (χ2v) is 5.81. The minimum Gasteiger partial charge on any atom is -0.320 e. The summed E-state index contributed by atoms with van der Waals surface area (Å²) in [5.41, 5.74) is 9.86. The van der Waals surface area contributed by atoms with Crippen LogP contribution < -0.4 is 5.73 Å². The molecule has 0 saturated heterocycles. The molecule has 0 fully saturated rings. The van der Waals surface area contributed by atoms with Crippen molar-refractivity contribution < 1.29 is 0 Å². The maximum atomic E-state index is 6.27. The van der Waals surface area contributed by atoms with E-state index in [1.54, 1.807) is 0 Å². The molecular weight excluding hydrogens is 254 g/mol. The summed E-state index contributed by atoms with van der Waals surface area (Å²) in [4.78, 5) is 0. The first-order chi connectivity index (χ1) is 9.06. The number of benzene rings is 2. The molecule has 2 aromatic rings. The zero-order valence-corrected chi connectivity index (χ0v) is 12.2. The van der Waals surface area contributed by atoms with E-state index < -0.39 is 0 Å². The zero-order valence-electron chi connectivity index (χ0n) is 11.4. The molecule has 2 heteroatoms. The number of halogens is 1. The molecule has 1 nitrogen and oxygen atoms in total. The molecule has 100 valence electrons. The van der Waals surface area contributed by atoms with Crippen LogP contribution in [0.25, 0.3) is 0 Å². The Bertz CT molecular complexity index is 514. The van der Waals surface area contributed by atoms with Gasteiger partial charge in [-0.3, -0.25) is 0 Å². The van der Waals surface area contributed by atoms with Gasteiger partial charge in [-0.1, -0.05) is 61.8 Å². The van der Waals surface area contributed by atoms with Gasteiger partial charge in [-0.2, -0.15) is 0 Å². The molecule has 0 aliphatic rings. The summed E-state index contributed by atoms with van der Waals surface area (Å²) < 4.78 is 0. The predicted molar refractivity (Wildman–Crippen MR) is 82.5 cm³/mol. The third kappa shape index (κ3) is 3.82. The average molecular weight is 274 g/mol. The third-order valence-electron chi connectivity index (χ3n) is 3.21. The van der Waals surface area contributed by atoms with E-state index in [1.165, 1.54) is 5.56 Å². The van der Waals surface area contributed by atoms with Gasteiger partial charge >= 0.3 is 0 Å². The lowest BCUT2D eigenvalue weighted by Gasteiger charge is -2.14. The summed E-state index contributed by atoms with van der Waals surface area (Å²) in [6.07, 6.45) is 1.11. The van der Waals surface area contributed by atoms with Crippen LogP contribution in [0.4, 0.5) is 0 Å². The largest absolute Gasteiger partial charge is 0.320 e. The number of rotatable bonds is 4. The molecule has 0 aromatic heterocycles. The second-order valence-electron chi connectivity index (χ2n) is 5.37. The lowest BCUT2D eigenvalue weighted by atomic mass is 9.96. The topological polar surface area (TPSA) is 26.0 Å². The fourth-order valence-electron chi connectivity index (χ4n) is 2.20. The summed E-state index contributed by atoms with van der Waals surface area (Å²) in [6, 6.07) is 16.2. The fourth-order valence-corrected chi connectivity index (χ4v) is 2.32. The SMILES string of the molecule is CC(C)Cc1ccc(C(N)c2ccc(Cl)cc2)cc1. The number of hydrogen-bond acceptors (Lipinski definition) is 1. The monoisotopic (exact) mass is 273 g/mol. The van der Waals surface area contributed by atoms with Gasteiger partial charge in [0.25, 0.3) is 0 Å². The van der Waals surface area contributed by atoms with E-state index in [9.17, 15) is 0 Å². The van der Waals surface area contributed by atoms with Gasteiger partial charge in [-0.05, 0) is 41.2 Å². The van der Waals surface area contributed by atoms with Gasteiger partial charge in [-0.15, -0.1) is 0 Å². The molecule has 1 unspecified atom stereocenters. The maximum absolute atomic E-state index is 6.27. The molecule has 0 spiro atoms. The molecule has 0 bridgehead atoms. The quantitative estimate of drug-likeness (QED) is 0.866. The zero-order chi connectivity index (χ0) is 13.8. The van der Waals surface area contributed by atoms with Gasteiger partial charge < -0.3 is 5.73 Å². The lowest BCUT2D eigenvalue weighted by Crippen LogP contribution is -2.11. The Hall–Kier alpha value is -1.31. The molecule has 2 aromatic carbocycles. The van der Waals surface area contributed by atoms with E-state index in [0.717, 1.165) is 22.6 Å². The van der Waals surface area contributed by atoms with Gasteiger partial charge in [0.1, 0.15) is 0 Å². The highest BCUT2D eigenvalue weighted by molar-refractivity contribution is 6.30. The molecule has 0 amide bonds. The highest BCUT2D eigenvalue weighted by Gasteiger charge is 2.08. The Balaban J connectivity index is 2.15. The Morgan fingerprint density at radius 2 is 1.37 bits per heavy atom. The van der Waals surface area contributed by atoms with Crippen LogP contribution in [0, 0.1) is 5.92 Å². The van der Waals surface area contributed by atoms with E-state index in [2.05, 4.69) is 38.1 Å². The molecule has 0 radical (unpaired) electrons. The molecule has 0 aliphatic heterocycles. The van der Waals surface area contributed by atoms with Crippen molar-refractivity contribution >= 4 is 11.6 Å². The highest BCUT2D eigenvalue weighted by Crippen LogP contribution is 2.22. The van der Waals surface area contributed by atoms with Gasteiger partial charge in [0.15, 0.2) is 0 Å². The van der Waals surface area contributed by atoms with Gasteiger partial charge in [0.2, 0.25) is 0 Å². The van der Waals surface area contributed by atoms with E-state index in [1.807, 2.05) is 24.3 Å². The van der Waals surface area contributed by atoms with Crippen LogP contribution in [-0.2, 0) is 6.42 Å². The molecule has 0 heterocycles. The summed E-state index contributed by atoms with van der Waals surface area (Å²) in [5.74, 6) is 0.677. The van der Waals surface area contributed by atoms with Crippen molar-refractivity contribution in [1.29, 1.82) is 0 Å². The Morgan fingerprint density at radius 3 is 1.84 bits per heavy atom. The van der Waals surface area contributed by atoms with Crippen LogP contribution in [-0.4, -0.2) is 0 Å². The molecule has 2 N–H and O–H groups in total. The maximum Gasteiger partial charge on any atom is 0.0551 e.